The van der Waals surface area contributed by atoms with Crippen molar-refractivity contribution in [2.75, 3.05) is 13.1 Å². The fraction of sp³-hybridized carbons (Fsp3) is 0.913. The molecule has 1 unspecified atom stereocenters. The Labute approximate surface area is 159 Å². The van der Waals surface area contributed by atoms with E-state index in [0.717, 1.165) is 0 Å². The Morgan fingerprint density at radius 2 is 0.920 bits per heavy atom. The summed E-state index contributed by atoms with van der Waals surface area (Å²) in [4.78, 5) is 5.20. The zero-order valence-corrected chi connectivity index (χ0v) is 17.6. The molecule has 1 aliphatic heterocycles. The molecule has 0 saturated carbocycles. The molecule has 0 aromatic heterocycles. The summed E-state index contributed by atoms with van der Waals surface area (Å²) in [6.07, 6.45) is 26.2. The summed E-state index contributed by atoms with van der Waals surface area (Å²) in [5.74, 6) is 0. The second-order valence-corrected chi connectivity index (χ2v) is 7.93. The Hall–Kier alpha value is -0.660. The predicted molar refractivity (Wildman–Crippen MR) is 113 cm³/mol. The fourth-order valence-corrected chi connectivity index (χ4v) is 3.92. The molecule has 0 amide bonds. The van der Waals surface area contributed by atoms with Crippen molar-refractivity contribution in [3.8, 4) is 0 Å². The average Bonchev–Trinajstić information content (AvgIpc) is 2.99. The molecule has 1 heterocycles. The SMILES string of the molecule is CCCCCCCCCCCCN1C=CN(CCCCC)C1CCC. The third-order valence-corrected chi connectivity index (χ3v) is 5.55. The van der Waals surface area contributed by atoms with Crippen LogP contribution in [0.3, 0.4) is 0 Å². The molecule has 0 aliphatic carbocycles. The van der Waals surface area contributed by atoms with Gasteiger partial charge in [0.25, 0.3) is 0 Å². The minimum absolute atomic E-state index is 0.639. The Bertz CT molecular complexity index is 313. The first-order chi connectivity index (χ1) is 12.3. The molecule has 0 bridgehead atoms. The molecule has 148 valence electrons. The van der Waals surface area contributed by atoms with Gasteiger partial charge < -0.3 is 9.80 Å². The molecular weight excluding hydrogens is 304 g/mol. The minimum atomic E-state index is 0.639. The van der Waals surface area contributed by atoms with E-state index in [-0.39, 0.29) is 0 Å². The van der Waals surface area contributed by atoms with E-state index in [1.807, 2.05) is 0 Å². The van der Waals surface area contributed by atoms with Crippen LogP contribution in [0.2, 0.25) is 0 Å². The van der Waals surface area contributed by atoms with Crippen LogP contribution in [0.1, 0.15) is 117 Å². The second kappa shape index (κ2) is 15.6. The lowest BCUT2D eigenvalue weighted by molar-refractivity contribution is 0.138. The van der Waals surface area contributed by atoms with E-state index in [9.17, 15) is 0 Å². The van der Waals surface area contributed by atoms with Crippen LogP contribution in [0.4, 0.5) is 0 Å². The average molecular weight is 351 g/mol. The van der Waals surface area contributed by atoms with E-state index in [0.29, 0.717) is 6.17 Å². The van der Waals surface area contributed by atoms with Crippen molar-refractivity contribution in [3.05, 3.63) is 12.4 Å². The third-order valence-electron chi connectivity index (χ3n) is 5.55. The van der Waals surface area contributed by atoms with Crippen LogP contribution in [-0.2, 0) is 0 Å². The normalized spacial score (nSPS) is 17.0. The van der Waals surface area contributed by atoms with Crippen LogP contribution >= 0.6 is 0 Å². The van der Waals surface area contributed by atoms with E-state index in [2.05, 4.69) is 43.0 Å². The molecular formula is C23H46N2. The number of unbranched alkanes of at least 4 members (excludes halogenated alkanes) is 11. The van der Waals surface area contributed by atoms with Gasteiger partial charge >= 0.3 is 0 Å². The van der Waals surface area contributed by atoms with Crippen LogP contribution < -0.4 is 0 Å². The van der Waals surface area contributed by atoms with Crippen molar-refractivity contribution >= 4 is 0 Å². The quantitative estimate of drug-likeness (QED) is 0.254. The number of rotatable bonds is 17. The van der Waals surface area contributed by atoms with Crippen LogP contribution in [0, 0.1) is 0 Å². The third kappa shape index (κ3) is 10.2. The van der Waals surface area contributed by atoms with Crippen molar-refractivity contribution in [2.45, 2.75) is 123 Å². The Balaban J connectivity index is 2.07. The van der Waals surface area contributed by atoms with Crippen molar-refractivity contribution in [2.24, 2.45) is 0 Å². The molecule has 25 heavy (non-hydrogen) atoms. The van der Waals surface area contributed by atoms with Gasteiger partial charge in [0.2, 0.25) is 0 Å². The lowest BCUT2D eigenvalue weighted by atomic mass is 10.1. The van der Waals surface area contributed by atoms with Crippen LogP contribution in [-0.4, -0.2) is 29.1 Å². The van der Waals surface area contributed by atoms with Crippen LogP contribution in [0.15, 0.2) is 12.4 Å². The predicted octanol–water partition coefficient (Wildman–Crippen LogP) is 7.31. The standard InChI is InChI=1S/C23H46N2/c1-4-7-9-10-11-12-13-14-15-17-20-25-22-21-24(19-16-8-5-2)23(25)18-6-3/h21-23H,4-20H2,1-3H3. The zero-order valence-electron chi connectivity index (χ0n) is 17.6. The highest BCUT2D eigenvalue weighted by Gasteiger charge is 2.24. The van der Waals surface area contributed by atoms with Gasteiger partial charge in [-0.25, -0.2) is 0 Å². The Morgan fingerprint density at radius 3 is 1.40 bits per heavy atom. The van der Waals surface area contributed by atoms with Gasteiger partial charge in [0.05, 0.1) is 0 Å². The second-order valence-electron chi connectivity index (χ2n) is 7.93. The van der Waals surface area contributed by atoms with Gasteiger partial charge in [-0.3, -0.25) is 0 Å². The summed E-state index contributed by atoms with van der Waals surface area (Å²) in [5, 5.41) is 0. The Morgan fingerprint density at radius 1 is 0.520 bits per heavy atom. The Kier molecular flexibility index (Phi) is 14.0. The molecule has 0 aromatic rings. The molecule has 2 heteroatoms. The van der Waals surface area contributed by atoms with Crippen molar-refractivity contribution in [1.82, 2.24) is 9.80 Å². The van der Waals surface area contributed by atoms with Crippen LogP contribution in [0.5, 0.6) is 0 Å². The van der Waals surface area contributed by atoms with Crippen LogP contribution in [0.25, 0.3) is 0 Å². The largest absolute Gasteiger partial charge is 0.356 e. The fourth-order valence-electron chi connectivity index (χ4n) is 3.92. The number of nitrogens with zero attached hydrogens (tertiary/aromatic N) is 2. The summed E-state index contributed by atoms with van der Waals surface area (Å²) in [5.41, 5.74) is 0. The van der Waals surface area contributed by atoms with E-state index in [1.165, 1.54) is 109 Å². The highest BCUT2D eigenvalue weighted by Crippen LogP contribution is 2.22. The van der Waals surface area contributed by atoms with Gasteiger partial charge in [-0.05, 0) is 19.3 Å². The highest BCUT2D eigenvalue weighted by atomic mass is 15.4. The first kappa shape index (κ1) is 22.4. The molecule has 1 atom stereocenters. The molecule has 0 fully saturated rings. The van der Waals surface area contributed by atoms with Gasteiger partial charge in [0, 0.05) is 25.5 Å². The summed E-state index contributed by atoms with van der Waals surface area (Å²) < 4.78 is 0. The van der Waals surface area contributed by atoms with E-state index in [4.69, 9.17) is 0 Å². The molecule has 1 rings (SSSR count). The highest BCUT2D eigenvalue weighted by molar-refractivity contribution is 4.96. The van der Waals surface area contributed by atoms with E-state index < -0.39 is 0 Å². The molecule has 0 spiro atoms. The summed E-state index contributed by atoms with van der Waals surface area (Å²) in [6, 6.07) is 0. The summed E-state index contributed by atoms with van der Waals surface area (Å²) in [7, 11) is 0. The lowest BCUT2D eigenvalue weighted by Crippen LogP contribution is -2.39. The van der Waals surface area contributed by atoms with Gasteiger partial charge in [0.1, 0.15) is 6.17 Å². The van der Waals surface area contributed by atoms with Crippen molar-refractivity contribution in [3.63, 3.8) is 0 Å². The smallest absolute Gasteiger partial charge is 0.101 e. The molecule has 1 aliphatic rings. The van der Waals surface area contributed by atoms with Gasteiger partial charge in [-0.2, -0.15) is 0 Å². The van der Waals surface area contributed by atoms with Gasteiger partial charge in [0.15, 0.2) is 0 Å². The maximum atomic E-state index is 2.61. The van der Waals surface area contributed by atoms with E-state index in [1.54, 1.807) is 0 Å². The molecule has 0 aromatic carbocycles. The van der Waals surface area contributed by atoms with Gasteiger partial charge in [-0.1, -0.05) is 97.8 Å². The first-order valence-electron chi connectivity index (χ1n) is 11.5. The number of hydrogen-bond acceptors (Lipinski definition) is 2. The maximum absolute atomic E-state index is 2.61. The van der Waals surface area contributed by atoms with Crippen molar-refractivity contribution in [1.29, 1.82) is 0 Å². The molecule has 2 nitrogen and oxygen atoms in total. The molecule has 0 N–H and O–H groups in total. The topological polar surface area (TPSA) is 6.48 Å². The summed E-state index contributed by atoms with van der Waals surface area (Å²) >= 11 is 0. The monoisotopic (exact) mass is 350 g/mol. The maximum Gasteiger partial charge on any atom is 0.101 e. The van der Waals surface area contributed by atoms with Gasteiger partial charge in [-0.15, -0.1) is 0 Å². The lowest BCUT2D eigenvalue weighted by Gasteiger charge is -2.33. The minimum Gasteiger partial charge on any atom is -0.356 e. The first-order valence-corrected chi connectivity index (χ1v) is 11.5. The summed E-state index contributed by atoms with van der Waals surface area (Å²) in [6.45, 7) is 9.40. The van der Waals surface area contributed by atoms with Crippen molar-refractivity contribution < 1.29 is 0 Å². The van der Waals surface area contributed by atoms with E-state index >= 15 is 0 Å². The molecule has 0 radical (unpaired) electrons. The zero-order chi connectivity index (χ0) is 18.2. The molecule has 0 saturated heterocycles. The number of hydrogen-bond donors (Lipinski definition) is 0.